The molecule has 1 aromatic carbocycles. The van der Waals surface area contributed by atoms with Gasteiger partial charge in [0.05, 0.1) is 3.57 Å². The van der Waals surface area contributed by atoms with Crippen LogP contribution in [-0.2, 0) is 4.79 Å². The number of hydrogen-bond acceptors (Lipinski definition) is 5. The van der Waals surface area contributed by atoms with Gasteiger partial charge in [0.15, 0.2) is 0 Å². The number of nitrogens with zero attached hydrogens (tertiary/aromatic N) is 2. The molecule has 0 amide bonds. The lowest BCUT2D eigenvalue weighted by Crippen LogP contribution is -1.97. The van der Waals surface area contributed by atoms with Gasteiger partial charge >= 0.3 is 5.97 Å². The summed E-state index contributed by atoms with van der Waals surface area (Å²) in [7, 11) is 0. The van der Waals surface area contributed by atoms with Crippen LogP contribution < -0.4 is 0 Å². The van der Waals surface area contributed by atoms with Crippen molar-refractivity contribution in [1.82, 2.24) is 15.2 Å². The average molecular weight is 438 g/mol. The normalized spacial score (nSPS) is 11.7. The Labute approximate surface area is 142 Å². The number of H-pyrrole nitrogens is 1. The summed E-state index contributed by atoms with van der Waals surface area (Å²) in [6.07, 6.45) is 1.34. The summed E-state index contributed by atoms with van der Waals surface area (Å²) in [6, 6.07) is 3.08. The number of aryl methyl sites for hydroxylation is 1. The van der Waals surface area contributed by atoms with Crippen molar-refractivity contribution in [2.24, 2.45) is 0 Å². The summed E-state index contributed by atoms with van der Waals surface area (Å²) in [5, 5.41) is 26.4. The van der Waals surface area contributed by atoms with Crippen LogP contribution in [0.15, 0.2) is 22.2 Å². The molecular weight excluding hydrogens is 429 g/mol. The first-order valence-electron chi connectivity index (χ1n) is 5.56. The number of phenols is 1. The molecule has 1 aromatic heterocycles. The minimum atomic E-state index is -1.14. The van der Waals surface area contributed by atoms with Crippen LogP contribution in [0.25, 0.3) is 6.08 Å². The Hall–Kier alpha value is -1.26. The third-order valence-corrected chi connectivity index (χ3v) is 4.25. The number of aromatic amines is 1. The van der Waals surface area contributed by atoms with Gasteiger partial charge in [-0.05, 0) is 59.5 Å². The van der Waals surface area contributed by atoms with Crippen LogP contribution >= 0.6 is 46.0 Å². The molecule has 0 aliphatic heterocycles. The van der Waals surface area contributed by atoms with Crippen molar-refractivity contribution >= 4 is 58.0 Å². The molecule has 110 valence electrons. The number of aromatic nitrogens is 3. The van der Waals surface area contributed by atoms with Gasteiger partial charge < -0.3 is 10.2 Å². The number of nitrogens with one attached hydrogen (secondary N) is 1. The standard InChI is InChI=1S/C12H9ClIN3O3S/c1-5-15-12(17-16-5)21-9(11(19)20)3-6-2-7(13)4-8(14)10(6)18/h2-4,18H,1H3,(H,19,20)(H,15,16,17)/b9-3-. The molecule has 1 heterocycles. The molecular formula is C12H9ClIN3O3S. The topological polar surface area (TPSA) is 99.1 Å². The van der Waals surface area contributed by atoms with E-state index in [1.165, 1.54) is 12.1 Å². The number of aromatic hydroxyl groups is 1. The van der Waals surface area contributed by atoms with E-state index in [1.54, 1.807) is 13.0 Å². The highest BCUT2D eigenvalue weighted by Gasteiger charge is 2.15. The first-order chi connectivity index (χ1) is 9.86. The first-order valence-corrected chi connectivity index (χ1v) is 7.84. The smallest absolute Gasteiger partial charge is 0.342 e. The summed E-state index contributed by atoms with van der Waals surface area (Å²) >= 11 is 8.72. The fourth-order valence-electron chi connectivity index (χ4n) is 1.44. The van der Waals surface area contributed by atoms with Crippen LogP contribution in [0.3, 0.4) is 0 Å². The number of phenolic OH excluding ortho intramolecular Hbond substituents is 1. The lowest BCUT2D eigenvalue weighted by atomic mass is 10.2. The molecule has 0 saturated heterocycles. The number of thioether (sulfide) groups is 1. The van der Waals surface area contributed by atoms with Crippen molar-refractivity contribution in [3.63, 3.8) is 0 Å². The van der Waals surface area contributed by atoms with E-state index < -0.39 is 5.97 Å². The molecule has 2 rings (SSSR count). The van der Waals surface area contributed by atoms with Gasteiger partial charge in [0.1, 0.15) is 16.5 Å². The third kappa shape index (κ3) is 4.11. The predicted octanol–water partition coefficient (Wildman–Crippen LogP) is 3.29. The molecule has 21 heavy (non-hydrogen) atoms. The van der Waals surface area contributed by atoms with Crippen molar-refractivity contribution in [2.75, 3.05) is 0 Å². The fourth-order valence-corrected chi connectivity index (χ4v) is 3.24. The van der Waals surface area contributed by atoms with Crippen molar-refractivity contribution in [3.05, 3.63) is 37.0 Å². The number of rotatable bonds is 4. The van der Waals surface area contributed by atoms with Crippen LogP contribution in [-0.4, -0.2) is 31.4 Å². The second-order valence-corrected chi connectivity index (χ2v) is 6.55. The minimum absolute atomic E-state index is 0.0227. The van der Waals surface area contributed by atoms with Gasteiger partial charge in [0.2, 0.25) is 5.16 Å². The Balaban J connectivity index is 2.40. The van der Waals surface area contributed by atoms with Crippen LogP contribution in [0.1, 0.15) is 11.4 Å². The Kier molecular flexibility index (Phi) is 5.12. The summed E-state index contributed by atoms with van der Waals surface area (Å²) in [6.45, 7) is 1.71. The number of carboxylic acids is 1. The van der Waals surface area contributed by atoms with E-state index >= 15 is 0 Å². The molecule has 6 nitrogen and oxygen atoms in total. The zero-order chi connectivity index (χ0) is 15.6. The van der Waals surface area contributed by atoms with E-state index in [1.807, 2.05) is 22.6 Å². The summed E-state index contributed by atoms with van der Waals surface area (Å²) < 4.78 is 0.537. The average Bonchev–Trinajstić information content (AvgIpc) is 2.79. The van der Waals surface area contributed by atoms with Gasteiger partial charge in [-0.25, -0.2) is 9.78 Å². The predicted molar refractivity (Wildman–Crippen MR) is 88.4 cm³/mol. The summed E-state index contributed by atoms with van der Waals surface area (Å²) in [5.41, 5.74) is 0.323. The molecule has 0 fully saturated rings. The number of carbonyl (C=O) groups is 1. The number of halogens is 2. The number of aliphatic carboxylic acids is 1. The van der Waals surface area contributed by atoms with Crippen LogP contribution in [0.2, 0.25) is 5.02 Å². The first kappa shape index (κ1) is 16.1. The molecule has 0 aliphatic carbocycles. The van der Waals surface area contributed by atoms with Crippen molar-refractivity contribution in [2.45, 2.75) is 12.1 Å². The van der Waals surface area contributed by atoms with Crippen molar-refractivity contribution < 1.29 is 15.0 Å². The lowest BCUT2D eigenvalue weighted by Gasteiger charge is -2.05. The van der Waals surface area contributed by atoms with Crippen molar-refractivity contribution in [1.29, 1.82) is 0 Å². The molecule has 0 spiro atoms. The zero-order valence-electron chi connectivity index (χ0n) is 10.6. The Morgan fingerprint density at radius 2 is 2.24 bits per heavy atom. The third-order valence-electron chi connectivity index (χ3n) is 2.33. The molecule has 0 atom stereocenters. The largest absolute Gasteiger partial charge is 0.506 e. The van der Waals surface area contributed by atoms with E-state index in [9.17, 15) is 15.0 Å². The number of hydrogen-bond donors (Lipinski definition) is 3. The zero-order valence-corrected chi connectivity index (χ0v) is 14.3. The molecule has 2 aromatic rings. The molecule has 0 unspecified atom stereocenters. The Bertz CT molecular complexity index is 733. The maximum atomic E-state index is 11.3. The van der Waals surface area contributed by atoms with Crippen molar-refractivity contribution in [3.8, 4) is 5.75 Å². The molecule has 3 N–H and O–H groups in total. The van der Waals surface area contributed by atoms with Crippen LogP contribution in [0.4, 0.5) is 0 Å². The minimum Gasteiger partial charge on any atom is -0.506 e. The maximum Gasteiger partial charge on any atom is 0.342 e. The van der Waals surface area contributed by atoms with E-state index in [0.29, 0.717) is 20.0 Å². The van der Waals surface area contributed by atoms with E-state index in [-0.39, 0.29) is 15.8 Å². The maximum absolute atomic E-state index is 11.3. The molecule has 0 aliphatic rings. The molecule has 0 saturated carbocycles. The van der Waals surface area contributed by atoms with Gasteiger partial charge in [-0.2, -0.15) is 0 Å². The van der Waals surface area contributed by atoms with E-state index in [2.05, 4.69) is 15.2 Å². The monoisotopic (exact) mass is 437 g/mol. The number of carboxylic acid groups (broad SMARTS) is 1. The van der Waals surface area contributed by atoms with E-state index in [4.69, 9.17) is 11.6 Å². The highest BCUT2D eigenvalue weighted by Crippen LogP contribution is 2.33. The Morgan fingerprint density at radius 3 is 2.81 bits per heavy atom. The molecule has 0 radical (unpaired) electrons. The van der Waals surface area contributed by atoms with Gasteiger partial charge in [-0.1, -0.05) is 11.6 Å². The molecule has 0 bridgehead atoms. The van der Waals surface area contributed by atoms with Gasteiger partial charge in [-0.3, -0.25) is 5.10 Å². The second kappa shape index (κ2) is 6.67. The SMILES string of the molecule is Cc1nc(S/C(=C\c2cc(Cl)cc(I)c2O)C(=O)O)n[nH]1. The highest BCUT2D eigenvalue weighted by molar-refractivity contribution is 14.1. The lowest BCUT2D eigenvalue weighted by molar-refractivity contribution is -0.131. The van der Waals surface area contributed by atoms with Gasteiger partial charge in [0, 0.05) is 10.6 Å². The number of benzene rings is 1. The summed E-state index contributed by atoms with van der Waals surface area (Å²) in [5.74, 6) is -0.579. The summed E-state index contributed by atoms with van der Waals surface area (Å²) in [4.78, 5) is 15.3. The molecule has 9 heteroatoms. The van der Waals surface area contributed by atoms with Gasteiger partial charge in [0.25, 0.3) is 0 Å². The highest BCUT2D eigenvalue weighted by atomic mass is 127. The van der Waals surface area contributed by atoms with E-state index in [0.717, 1.165) is 11.8 Å². The second-order valence-electron chi connectivity index (χ2n) is 3.94. The van der Waals surface area contributed by atoms with Crippen LogP contribution in [0.5, 0.6) is 5.75 Å². The Morgan fingerprint density at radius 1 is 1.52 bits per heavy atom. The quantitative estimate of drug-likeness (QED) is 0.386. The van der Waals surface area contributed by atoms with Crippen LogP contribution in [0, 0.1) is 10.5 Å². The van der Waals surface area contributed by atoms with Gasteiger partial charge in [-0.15, -0.1) is 5.10 Å². The fraction of sp³-hybridized carbons (Fsp3) is 0.0833.